The maximum atomic E-state index is 11.9. The van der Waals surface area contributed by atoms with Gasteiger partial charge in [-0.25, -0.2) is 0 Å². The molecule has 0 radical (unpaired) electrons. The van der Waals surface area contributed by atoms with Crippen molar-refractivity contribution in [3.8, 4) is 0 Å². The quantitative estimate of drug-likeness (QED) is 0.757. The SMILES string of the molecule is COCC(O)CCNC(=O)c1cc(C)nnc1C. The molecule has 0 aliphatic heterocycles. The Morgan fingerprint density at radius 3 is 2.89 bits per heavy atom. The lowest BCUT2D eigenvalue weighted by molar-refractivity contribution is 0.0587. The first kappa shape index (κ1) is 14.5. The Bertz CT molecular complexity index is 410. The Morgan fingerprint density at radius 1 is 1.50 bits per heavy atom. The molecular formula is C12H19N3O3. The number of methoxy groups -OCH3 is 1. The van der Waals surface area contributed by atoms with Gasteiger partial charge in [0, 0.05) is 13.7 Å². The normalized spacial score (nSPS) is 12.2. The topological polar surface area (TPSA) is 84.3 Å². The van der Waals surface area contributed by atoms with E-state index in [2.05, 4.69) is 15.5 Å². The molecule has 0 aliphatic carbocycles. The molecule has 1 aromatic rings. The summed E-state index contributed by atoms with van der Waals surface area (Å²) >= 11 is 0. The maximum Gasteiger partial charge on any atom is 0.253 e. The van der Waals surface area contributed by atoms with Crippen LogP contribution in [0.1, 0.15) is 28.2 Å². The summed E-state index contributed by atoms with van der Waals surface area (Å²) in [4.78, 5) is 11.9. The van der Waals surface area contributed by atoms with Crippen LogP contribution in [0.5, 0.6) is 0 Å². The summed E-state index contributed by atoms with van der Waals surface area (Å²) in [6.45, 7) is 4.18. The number of aliphatic hydroxyl groups excluding tert-OH is 1. The molecule has 1 heterocycles. The monoisotopic (exact) mass is 253 g/mol. The van der Waals surface area contributed by atoms with Gasteiger partial charge < -0.3 is 15.2 Å². The minimum Gasteiger partial charge on any atom is -0.391 e. The molecule has 1 amide bonds. The predicted octanol–water partition coefficient (Wildman–Crippen LogP) is 0.221. The van der Waals surface area contributed by atoms with Crippen LogP contribution in [-0.2, 0) is 4.74 Å². The Balaban J connectivity index is 2.48. The minimum absolute atomic E-state index is 0.199. The molecule has 1 unspecified atom stereocenters. The van der Waals surface area contributed by atoms with Crippen LogP contribution in [0.3, 0.4) is 0 Å². The van der Waals surface area contributed by atoms with Crippen LogP contribution in [0.4, 0.5) is 0 Å². The molecular weight excluding hydrogens is 234 g/mol. The summed E-state index contributed by atoms with van der Waals surface area (Å²) in [6, 6.07) is 1.70. The van der Waals surface area contributed by atoms with Crippen molar-refractivity contribution in [2.75, 3.05) is 20.3 Å². The number of nitrogens with one attached hydrogen (secondary N) is 1. The highest BCUT2D eigenvalue weighted by Crippen LogP contribution is 2.05. The Hall–Kier alpha value is -1.53. The van der Waals surface area contributed by atoms with Crippen molar-refractivity contribution in [1.82, 2.24) is 15.5 Å². The second kappa shape index (κ2) is 7.03. The van der Waals surface area contributed by atoms with Crippen LogP contribution < -0.4 is 5.32 Å². The third-order valence-electron chi connectivity index (χ3n) is 2.47. The first-order valence-corrected chi connectivity index (χ1v) is 5.80. The van der Waals surface area contributed by atoms with E-state index in [-0.39, 0.29) is 12.5 Å². The molecule has 6 heteroatoms. The van der Waals surface area contributed by atoms with Gasteiger partial charge in [-0.1, -0.05) is 0 Å². The molecule has 0 spiro atoms. The molecule has 0 aliphatic rings. The standard InChI is InChI=1S/C12H19N3O3/c1-8-6-11(9(2)15-14-8)12(17)13-5-4-10(16)7-18-3/h6,10,16H,4-5,7H2,1-3H3,(H,13,17). The molecule has 0 saturated carbocycles. The number of carbonyl (C=O) groups is 1. The molecule has 0 bridgehead atoms. The average molecular weight is 253 g/mol. The van der Waals surface area contributed by atoms with Gasteiger partial charge in [-0.15, -0.1) is 0 Å². The van der Waals surface area contributed by atoms with Crippen molar-refractivity contribution >= 4 is 5.91 Å². The molecule has 0 fully saturated rings. The number of rotatable bonds is 6. The second-order valence-corrected chi connectivity index (χ2v) is 4.14. The van der Waals surface area contributed by atoms with Gasteiger partial charge in [0.2, 0.25) is 0 Å². The van der Waals surface area contributed by atoms with Crippen LogP contribution in [0, 0.1) is 13.8 Å². The number of ether oxygens (including phenoxy) is 1. The highest BCUT2D eigenvalue weighted by atomic mass is 16.5. The van der Waals surface area contributed by atoms with Crippen LogP contribution in [0.25, 0.3) is 0 Å². The molecule has 6 nitrogen and oxygen atoms in total. The average Bonchev–Trinajstić information content (AvgIpc) is 2.32. The van der Waals surface area contributed by atoms with E-state index in [1.165, 1.54) is 7.11 Å². The predicted molar refractivity (Wildman–Crippen MR) is 66.3 cm³/mol. The Morgan fingerprint density at radius 2 is 2.22 bits per heavy atom. The molecule has 0 saturated heterocycles. The largest absolute Gasteiger partial charge is 0.391 e. The van der Waals surface area contributed by atoms with Gasteiger partial charge in [0.25, 0.3) is 5.91 Å². The van der Waals surface area contributed by atoms with E-state index >= 15 is 0 Å². The number of carbonyl (C=O) groups excluding carboxylic acids is 1. The van der Waals surface area contributed by atoms with E-state index < -0.39 is 6.10 Å². The van der Waals surface area contributed by atoms with Gasteiger partial charge in [0.15, 0.2) is 0 Å². The number of hydrogen-bond acceptors (Lipinski definition) is 5. The van der Waals surface area contributed by atoms with Gasteiger partial charge in [0.1, 0.15) is 0 Å². The fraction of sp³-hybridized carbons (Fsp3) is 0.583. The van der Waals surface area contributed by atoms with Crippen LogP contribution in [-0.4, -0.2) is 47.6 Å². The molecule has 18 heavy (non-hydrogen) atoms. The third-order valence-corrected chi connectivity index (χ3v) is 2.47. The van der Waals surface area contributed by atoms with Crippen molar-refractivity contribution in [2.45, 2.75) is 26.4 Å². The number of nitrogens with zero attached hydrogens (tertiary/aromatic N) is 2. The number of aromatic nitrogens is 2. The van der Waals surface area contributed by atoms with Crippen molar-refractivity contribution in [2.24, 2.45) is 0 Å². The smallest absolute Gasteiger partial charge is 0.253 e. The number of hydrogen-bond donors (Lipinski definition) is 2. The fourth-order valence-corrected chi connectivity index (χ4v) is 1.50. The van der Waals surface area contributed by atoms with Crippen molar-refractivity contribution in [3.05, 3.63) is 23.0 Å². The Kier molecular flexibility index (Phi) is 5.67. The lowest BCUT2D eigenvalue weighted by atomic mass is 10.2. The van der Waals surface area contributed by atoms with Crippen LogP contribution in [0.15, 0.2) is 6.07 Å². The van der Waals surface area contributed by atoms with Crippen LogP contribution >= 0.6 is 0 Å². The third kappa shape index (κ3) is 4.38. The van der Waals surface area contributed by atoms with Crippen LogP contribution in [0.2, 0.25) is 0 Å². The lowest BCUT2D eigenvalue weighted by Gasteiger charge is -2.10. The van der Waals surface area contributed by atoms with E-state index in [4.69, 9.17) is 4.74 Å². The summed E-state index contributed by atoms with van der Waals surface area (Å²) in [6.07, 6.45) is -0.107. The first-order valence-electron chi connectivity index (χ1n) is 5.80. The molecule has 1 aromatic heterocycles. The van der Waals surface area contributed by atoms with E-state index in [1.807, 2.05) is 0 Å². The summed E-state index contributed by atoms with van der Waals surface area (Å²) in [5.74, 6) is -0.199. The van der Waals surface area contributed by atoms with Gasteiger partial charge in [0.05, 0.1) is 29.7 Å². The number of aryl methyl sites for hydroxylation is 2. The highest BCUT2D eigenvalue weighted by molar-refractivity contribution is 5.95. The highest BCUT2D eigenvalue weighted by Gasteiger charge is 2.11. The van der Waals surface area contributed by atoms with Crippen molar-refractivity contribution in [3.63, 3.8) is 0 Å². The zero-order valence-corrected chi connectivity index (χ0v) is 10.9. The molecule has 100 valence electrons. The summed E-state index contributed by atoms with van der Waals surface area (Å²) in [7, 11) is 1.52. The fourth-order valence-electron chi connectivity index (χ4n) is 1.50. The van der Waals surface area contributed by atoms with Gasteiger partial charge in [-0.05, 0) is 26.3 Å². The van der Waals surface area contributed by atoms with Gasteiger partial charge >= 0.3 is 0 Å². The second-order valence-electron chi connectivity index (χ2n) is 4.14. The lowest BCUT2D eigenvalue weighted by Crippen LogP contribution is -2.29. The van der Waals surface area contributed by atoms with E-state index in [1.54, 1.807) is 19.9 Å². The molecule has 2 N–H and O–H groups in total. The number of amides is 1. The summed E-state index contributed by atoms with van der Waals surface area (Å²) in [5, 5.41) is 19.9. The molecule has 0 aromatic carbocycles. The van der Waals surface area contributed by atoms with E-state index in [0.29, 0.717) is 29.9 Å². The van der Waals surface area contributed by atoms with E-state index in [0.717, 1.165) is 0 Å². The summed E-state index contributed by atoms with van der Waals surface area (Å²) < 4.78 is 4.80. The van der Waals surface area contributed by atoms with E-state index in [9.17, 15) is 9.90 Å². The first-order chi connectivity index (χ1) is 8.54. The van der Waals surface area contributed by atoms with Crippen molar-refractivity contribution < 1.29 is 14.6 Å². The number of aliphatic hydroxyl groups is 1. The zero-order valence-electron chi connectivity index (χ0n) is 10.9. The molecule has 1 rings (SSSR count). The zero-order chi connectivity index (χ0) is 13.5. The molecule has 1 atom stereocenters. The minimum atomic E-state index is -0.561. The Labute approximate surface area is 106 Å². The summed E-state index contributed by atoms with van der Waals surface area (Å²) in [5.41, 5.74) is 1.81. The van der Waals surface area contributed by atoms with Gasteiger partial charge in [-0.3, -0.25) is 4.79 Å². The van der Waals surface area contributed by atoms with Crippen molar-refractivity contribution in [1.29, 1.82) is 0 Å². The van der Waals surface area contributed by atoms with Gasteiger partial charge in [-0.2, -0.15) is 10.2 Å². The maximum absolute atomic E-state index is 11.9.